The number of amides is 2. The number of ether oxygens (including phenoxy) is 1. The summed E-state index contributed by atoms with van der Waals surface area (Å²) < 4.78 is 6.02. The van der Waals surface area contributed by atoms with Gasteiger partial charge in [-0.25, -0.2) is 0 Å². The van der Waals surface area contributed by atoms with Crippen LogP contribution >= 0.6 is 0 Å². The number of rotatable bonds is 4. The van der Waals surface area contributed by atoms with Gasteiger partial charge in [-0.05, 0) is 56.3 Å². The summed E-state index contributed by atoms with van der Waals surface area (Å²) in [5.74, 6) is 0.200. The van der Waals surface area contributed by atoms with E-state index in [0.29, 0.717) is 22.7 Å². The molecule has 5 nitrogen and oxygen atoms in total. The number of hydrogen-bond acceptors (Lipinski definition) is 3. The Kier molecular flexibility index (Phi) is 4.86. The van der Waals surface area contributed by atoms with Gasteiger partial charge in [0.15, 0.2) is 5.75 Å². The second kappa shape index (κ2) is 7.11. The van der Waals surface area contributed by atoms with E-state index in [1.165, 1.54) is 11.0 Å². The molecule has 1 N–H and O–H groups in total. The van der Waals surface area contributed by atoms with Crippen LogP contribution in [0.5, 0.6) is 5.75 Å². The molecule has 0 saturated carbocycles. The largest absolute Gasteiger partial charge is 0.481 e. The zero-order valence-corrected chi connectivity index (χ0v) is 15.7. The first-order valence-electron chi connectivity index (χ1n) is 8.63. The lowest BCUT2D eigenvalue weighted by molar-refractivity contribution is -0.113. The van der Waals surface area contributed by atoms with E-state index < -0.39 is 5.60 Å². The molecule has 2 aromatic rings. The highest BCUT2D eigenvalue weighted by Crippen LogP contribution is 2.37. The van der Waals surface area contributed by atoms with Crippen molar-refractivity contribution in [2.45, 2.75) is 19.4 Å². The van der Waals surface area contributed by atoms with Gasteiger partial charge in [0, 0.05) is 23.9 Å². The summed E-state index contributed by atoms with van der Waals surface area (Å²) in [6.07, 6.45) is 5.23. The van der Waals surface area contributed by atoms with Crippen LogP contribution in [0.15, 0.2) is 61.2 Å². The van der Waals surface area contributed by atoms with E-state index in [0.717, 1.165) is 5.56 Å². The molecule has 1 aliphatic rings. The fourth-order valence-corrected chi connectivity index (χ4v) is 2.78. The molecule has 2 amide bonds. The summed E-state index contributed by atoms with van der Waals surface area (Å²) in [5, 5.41) is 2.91. The predicted molar refractivity (Wildman–Crippen MR) is 108 cm³/mol. The molecule has 0 radical (unpaired) electrons. The van der Waals surface area contributed by atoms with Crippen LogP contribution in [-0.4, -0.2) is 24.5 Å². The Hall–Kier alpha value is -3.34. The third kappa shape index (κ3) is 3.92. The maximum atomic E-state index is 12.7. The van der Waals surface area contributed by atoms with Gasteiger partial charge in [0.05, 0.1) is 5.69 Å². The highest BCUT2D eigenvalue weighted by Gasteiger charge is 2.24. The SMILES string of the molecule is C=CC(=O)N(C)c1ccc(C(=O)Nc2cccc3c2OC(C)(C)C=C3)cc1. The fourth-order valence-electron chi connectivity index (χ4n) is 2.78. The highest BCUT2D eigenvalue weighted by molar-refractivity contribution is 6.06. The maximum Gasteiger partial charge on any atom is 0.255 e. The van der Waals surface area contributed by atoms with Crippen LogP contribution in [0.1, 0.15) is 29.8 Å². The molecule has 0 atom stereocenters. The number of nitrogens with zero attached hydrogens (tertiary/aromatic N) is 1. The maximum absolute atomic E-state index is 12.7. The molecule has 3 rings (SSSR count). The van der Waals surface area contributed by atoms with Crippen molar-refractivity contribution in [1.29, 1.82) is 0 Å². The van der Waals surface area contributed by atoms with Gasteiger partial charge in [-0.15, -0.1) is 0 Å². The zero-order chi connectivity index (χ0) is 19.6. The van der Waals surface area contributed by atoms with Crippen molar-refractivity contribution in [3.05, 3.63) is 72.3 Å². The van der Waals surface area contributed by atoms with Gasteiger partial charge in [-0.3, -0.25) is 9.59 Å². The molecule has 0 spiro atoms. The second-order valence-electron chi connectivity index (χ2n) is 6.87. The number of para-hydroxylation sites is 1. The smallest absolute Gasteiger partial charge is 0.255 e. The molecule has 0 aliphatic carbocycles. The summed E-state index contributed by atoms with van der Waals surface area (Å²) >= 11 is 0. The highest BCUT2D eigenvalue weighted by atomic mass is 16.5. The molecule has 0 fully saturated rings. The van der Waals surface area contributed by atoms with Gasteiger partial charge in [0.1, 0.15) is 5.60 Å². The van der Waals surface area contributed by atoms with E-state index in [9.17, 15) is 9.59 Å². The minimum Gasteiger partial charge on any atom is -0.481 e. The van der Waals surface area contributed by atoms with Crippen molar-refractivity contribution in [2.75, 3.05) is 17.3 Å². The molecule has 2 aromatic carbocycles. The van der Waals surface area contributed by atoms with Crippen molar-refractivity contribution in [3.63, 3.8) is 0 Å². The van der Waals surface area contributed by atoms with E-state index in [2.05, 4.69) is 11.9 Å². The van der Waals surface area contributed by atoms with E-state index >= 15 is 0 Å². The van der Waals surface area contributed by atoms with Gasteiger partial charge in [0.2, 0.25) is 5.91 Å². The molecule has 27 heavy (non-hydrogen) atoms. The minimum atomic E-state index is -0.433. The summed E-state index contributed by atoms with van der Waals surface area (Å²) in [4.78, 5) is 25.8. The van der Waals surface area contributed by atoms with E-state index in [1.54, 1.807) is 31.3 Å². The molecule has 1 heterocycles. The second-order valence-corrected chi connectivity index (χ2v) is 6.87. The van der Waals surface area contributed by atoms with Crippen LogP contribution in [0.2, 0.25) is 0 Å². The molecule has 0 aromatic heterocycles. The topological polar surface area (TPSA) is 58.6 Å². The van der Waals surface area contributed by atoms with Crippen molar-refractivity contribution in [2.24, 2.45) is 0 Å². The molecule has 138 valence electrons. The van der Waals surface area contributed by atoms with Crippen molar-refractivity contribution >= 4 is 29.3 Å². The van der Waals surface area contributed by atoms with Crippen LogP contribution in [0.3, 0.4) is 0 Å². The van der Waals surface area contributed by atoms with Crippen LogP contribution < -0.4 is 15.0 Å². The lowest BCUT2D eigenvalue weighted by Crippen LogP contribution is -2.28. The Bertz CT molecular complexity index is 927. The summed E-state index contributed by atoms with van der Waals surface area (Å²) in [7, 11) is 1.65. The molecule has 0 bridgehead atoms. The number of carbonyl (C=O) groups excluding carboxylic acids is 2. The number of carbonyl (C=O) groups is 2. The molecule has 5 heteroatoms. The lowest BCUT2D eigenvalue weighted by Gasteiger charge is -2.29. The minimum absolute atomic E-state index is 0.212. The molecular formula is C22H22N2O3. The van der Waals surface area contributed by atoms with Crippen molar-refractivity contribution in [3.8, 4) is 5.75 Å². The van der Waals surface area contributed by atoms with Crippen LogP contribution in [0.25, 0.3) is 6.08 Å². The molecular weight excluding hydrogens is 340 g/mol. The number of likely N-dealkylation sites (N-methyl/N-ethyl adjacent to an activating group) is 1. The Labute approximate surface area is 158 Å². The monoisotopic (exact) mass is 362 g/mol. The Morgan fingerprint density at radius 2 is 1.85 bits per heavy atom. The summed E-state index contributed by atoms with van der Waals surface area (Å²) in [6, 6.07) is 12.4. The Morgan fingerprint density at radius 3 is 2.52 bits per heavy atom. The van der Waals surface area contributed by atoms with E-state index in [-0.39, 0.29) is 11.8 Å². The van der Waals surface area contributed by atoms with Crippen LogP contribution in [0, 0.1) is 0 Å². The summed E-state index contributed by atoms with van der Waals surface area (Å²) in [6.45, 7) is 7.40. The fraction of sp³-hybridized carbons (Fsp3) is 0.182. The number of benzene rings is 2. The Morgan fingerprint density at radius 1 is 1.15 bits per heavy atom. The number of anilines is 2. The van der Waals surface area contributed by atoms with Gasteiger partial charge in [0.25, 0.3) is 5.91 Å². The molecule has 1 aliphatic heterocycles. The number of hydrogen-bond donors (Lipinski definition) is 1. The zero-order valence-electron chi connectivity index (χ0n) is 15.7. The number of fused-ring (bicyclic) bond motifs is 1. The lowest BCUT2D eigenvalue weighted by atomic mass is 10.0. The van der Waals surface area contributed by atoms with E-state index in [1.807, 2.05) is 44.2 Å². The van der Waals surface area contributed by atoms with Gasteiger partial charge < -0.3 is 15.0 Å². The number of nitrogens with one attached hydrogen (secondary N) is 1. The van der Waals surface area contributed by atoms with Gasteiger partial charge in [-0.1, -0.05) is 24.8 Å². The molecule has 0 unspecified atom stereocenters. The van der Waals surface area contributed by atoms with Gasteiger partial charge >= 0.3 is 0 Å². The molecule has 0 saturated heterocycles. The van der Waals surface area contributed by atoms with Crippen LogP contribution in [-0.2, 0) is 4.79 Å². The third-order valence-corrected chi connectivity index (χ3v) is 4.35. The quantitative estimate of drug-likeness (QED) is 0.826. The van der Waals surface area contributed by atoms with Crippen molar-refractivity contribution in [1.82, 2.24) is 0 Å². The summed E-state index contributed by atoms with van der Waals surface area (Å²) in [5.41, 5.74) is 2.28. The Balaban J connectivity index is 1.80. The normalized spacial score (nSPS) is 13.9. The van der Waals surface area contributed by atoms with Crippen molar-refractivity contribution < 1.29 is 14.3 Å². The van der Waals surface area contributed by atoms with Crippen LogP contribution in [0.4, 0.5) is 11.4 Å². The average Bonchev–Trinajstić information content (AvgIpc) is 2.66. The average molecular weight is 362 g/mol. The first-order chi connectivity index (χ1) is 12.8. The standard InChI is InChI=1S/C22H22N2O3/c1-5-19(25)24(4)17-11-9-16(10-12-17)21(26)23-18-8-6-7-15-13-14-22(2,3)27-20(15)18/h5-14H,1H2,2-4H3,(H,23,26). The van der Waals surface area contributed by atoms with Gasteiger partial charge in [-0.2, -0.15) is 0 Å². The van der Waals surface area contributed by atoms with E-state index in [4.69, 9.17) is 4.74 Å². The third-order valence-electron chi connectivity index (χ3n) is 4.35. The predicted octanol–water partition coefficient (Wildman–Crippen LogP) is 4.27. The first-order valence-corrected chi connectivity index (χ1v) is 8.63. The first kappa shape index (κ1) is 18.5.